The van der Waals surface area contributed by atoms with Crippen LogP contribution >= 0.6 is 0 Å². The number of aryl methyl sites for hydroxylation is 2. The van der Waals surface area contributed by atoms with Crippen molar-refractivity contribution in [2.75, 3.05) is 31.1 Å². The minimum atomic E-state index is -0.000447. The number of hydrogen-bond donors (Lipinski definition) is 0. The van der Waals surface area contributed by atoms with Gasteiger partial charge < -0.3 is 14.5 Å². The monoisotopic (exact) mass is 508 g/mol. The number of aromatic nitrogens is 2. The van der Waals surface area contributed by atoms with Crippen LogP contribution in [0.3, 0.4) is 0 Å². The number of morpholine rings is 1. The van der Waals surface area contributed by atoms with E-state index in [9.17, 15) is 9.59 Å². The molecule has 4 heterocycles. The number of Topliss-reactive ketones (excluding diaryl/α,β-unsaturated/α-hetero) is 1. The van der Waals surface area contributed by atoms with Gasteiger partial charge in [-0.1, -0.05) is 26.5 Å². The second-order valence-electron chi connectivity index (χ2n) is 9.59. The summed E-state index contributed by atoms with van der Waals surface area (Å²) in [5.74, 6) is 1.47. The van der Waals surface area contributed by atoms with E-state index in [1.54, 1.807) is 6.92 Å². The van der Waals surface area contributed by atoms with Crippen molar-refractivity contribution in [3.63, 3.8) is 0 Å². The van der Waals surface area contributed by atoms with Crippen LogP contribution < -0.4 is 4.90 Å². The standard InChI is InChI=1S/C16H20N2O2.C12H18N2O.C2H6/c1-4-16(20)18-9-7-13(8-10-18)15-6-5-14(12(3)19)11(2)17-15;1-9-4-5-12(13-6-9)14-7-10(2)15-11(3)8-14;1-2/h4-6,13H,1,7-10H2,2-3H3;4-6,10-11H,7-8H2,1-3H3;1-2H3/t;10-,11+;. The van der Waals surface area contributed by atoms with E-state index in [4.69, 9.17) is 4.74 Å². The number of amides is 1. The molecule has 0 unspecified atom stereocenters. The zero-order valence-electron chi connectivity index (χ0n) is 23.7. The zero-order valence-corrected chi connectivity index (χ0v) is 23.7. The molecule has 2 fully saturated rings. The summed E-state index contributed by atoms with van der Waals surface area (Å²) in [6, 6.07) is 7.99. The van der Waals surface area contributed by atoms with Crippen molar-refractivity contribution in [1.82, 2.24) is 14.9 Å². The minimum absolute atomic E-state index is 0.000447. The van der Waals surface area contributed by atoms with Crippen molar-refractivity contribution in [1.29, 1.82) is 0 Å². The SMILES string of the molecule is C=CC(=O)N1CCC(c2ccc(C(C)=O)c(C)n2)CC1.CC.Cc1ccc(N2C[C@@H](C)O[C@@H](C)C2)nc1. The maximum Gasteiger partial charge on any atom is 0.245 e. The fourth-order valence-corrected chi connectivity index (χ4v) is 4.72. The Labute approximate surface area is 222 Å². The molecule has 0 spiro atoms. The number of piperidine rings is 1. The van der Waals surface area contributed by atoms with E-state index >= 15 is 0 Å². The molecule has 2 aliphatic rings. The summed E-state index contributed by atoms with van der Waals surface area (Å²) in [5.41, 5.74) is 3.71. The summed E-state index contributed by atoms with van der Waals surface area (Å²) in [6.45, 7) is 20.6. The number of ketones is 1. The van der Waals surface area contributed by atoms with Crippen LogP contribution in [0.2, 0.25) is 0 Å². The summed E-state index contributed by atoms with van der Waals surface area (Å²) in [7, 11) is 0. The number of nitrogens with zero attached hydrogens (tertiary/aromatic N) is 4. The second-order valence-corrected chi connectivity index (χ2v) is 9.59. The van der Waals surface area contributed by atoms with Crippen LogP contribution in [-0.4, -0.2) is 64.9 Å². The first-order valence-electron chi connectivity index (χ1n) is 13.4. The Hall–Kier alpha value is -3.06. The Bertz CT molecular complexity index is 1020. The molecule has 2 atom stereocenters. The number of ether oxygens (including phenoxy) is 1. The van der Waals surface area contributed by atoms with Gasteiger partial charge in [-0.25, -0.2) is 4.98 Å². The Morgan fingerprint density at radius 2 is 1.65 bits per heavy atom. The van der Waals surface area contributed by atoms with E-state index in [1.807, 2.05) is 44.0 Å². The molecular formula is C30H44N4O3. The first-order chi connectivity index (χ1) is 17.7. The second kappa shape index (κ2) is 14.6. The number of pyridine rings is 2. The van der Waals surface area contributed by atoms with Gasteiger partial charge in [-0.15, -0.1) is 0 Å². The molecule has 0 N–H and O–H groups in total. The largest absolute Gasteiger partial charge is 0.372 e. The van der Waals surface area contributed by atoms with E-state index in [-0.39, 0.29) is 23.9 Å². The Kier molecular flexibility index (Phi) is 11.9. The van der Waals surface area contributed by atoms with Gasteiger partial charge in [0.05, 0.1) is 12.2 Å². The van der Waals surface area contributed by atoms with Gasteiger partial charge in [0.25, 0.3) is 0 Å². The highest BCUT2D eigenvalue weighted by Crippen LogP contribution is 2.27. The highest BCUT2D eigenvalue weighted by Gasteiger charge is 2.24. The van der Waals surface area contributed by atoms with Crippen LogP contribution in [0.5, 0.6) is 0 Å². The third kappa shape index (κ3) is 8.78. The van der Waals surface area contributed by atoms with Gasteiger partial charge in [-0.2, -0.15) is 0 Å². The summed E-state index contributed by atoms with van der Waals surface area (Å²) in [5, 5.41) is 0. The molecule has 2 aromatic heterocycles. The lowest BCUT2D eigenvalue weighted by Crippen LogP contribution is -2.45. The molecule has 7 nitrogen and oxygen atoms in total. The number of carbonyl (C=O) groups excluding carboxylic acids is 2. The molecule has 7 heteroatoms. The molecule has 202 valence electrons. The van der Waals surface area contributed by atoms with Crippen LogP contribution in [0.25, 0.3) is 0 Å². The number of likely N-dealkylation sites (tertiary alicyclic amines) is 1. The molecule has 0 saturated carbocycles. The van der Waals surface area contributed by atoms with Crippen molar-refractivity contribution in [3.05, 3.63) is 65.6 Å². The molecule has 1 amide bonds. The number of hydrogen-bond acceptors (Lipinski definition) is 6. The van der Waals surface area contributed by atoms with Crippen LogP contribution in [0.15, 0.2) is 43.1 Å². The van der Waals surface area contributed by atoms with Crippen LogP contribution in [0.1, 0.15) is 80.7 Å². The van der Waals surface area contributed by atoms with E-state index in [0.29, 0.717) is 11.5 Å². The summed E-state index contributed by atoms with van der Waals surface area (Å²) in [4.78, 5) is 36.1. The summed E-state index contributed by atoms with van der Waals surface area (Å²) >= 11 is 0. The smallest absolute Gasteiger partial charge is 0.245 e. The first kappa shape index (κ1) is 30.2. The number of anilines is 1. The zero-order chi connectivity index (χ0) is 27.5. The van der Waals surface area contributed by atoms with Gasteiger partial charge in [0, 0.05) is 55.2 Å². The molecule has 37 heavy (non-hydrogen) atoms. The average molecular weight is 509 g/mol. The van der Waals surface area contributed by atoms with Crippen molar-refractivity contribution < 1.29 is 14.3 Å². The van der Waals surface area contributed by atoms with Gasteiger partial charge in [-0.05, 0) is 77.3 Å². The fraction of sp³-hybridized carbons (Fsp3) is 0.533. The molecule has 0 aliphatic carbocycles. The molecule has 2 aromatic rings. The lowest BCUT2D eigenvalue weighted by molar-refractivity contribution is -0.127. The molecule has 0 radical (unpaired) electrons. The molecular weight excluding hydrogens is 464 g/mol. The van der Waals surface area contributed by atoms with Gasteiger partial charge in [-0.3, -0.25) is 14.6 Å². The highest BCUT2D eigenvalue weighted by molar-refractivity contribution is 5.95. The summed E-state index contributed by atoms with van der Waals surface area (Å²) in [6.07, 6.45) is 5.68. The third-order valence-corrected chi connectivity index (χ3v) is 6.53. The Morgan fingerprint density at radius 1 is 1.03 bits per heavy atom. The van der Waals surface area contributed by atoms with E-state index in [1.165, 1.54) is 11.6 Å². The van der Waals surface area contributed by atoms with Crippen molar-refractivity contribution in [3.8, 4) is 0 Å². The lowest BCUT2D eigenvalue weighted by Gasteiger charge is -2.36. The Morgan fingerprint density at radius 3 is 2.14 bits per heavy atom. The predicted molar refractivity (Wildman–Crippen MR) is 150 cm³/mol. The van der Waals surface area contributed by atoms with Crippen LogP contribution in [-0.2, 0) is 9.53 Å². The predicted octanol–water partition coefficient (Wildman–Crippen LogP) is 5.51. The minimum Gasteiger partial charge on any atom is -0.372 e. The lowest BCUT2D eigenvalue weighted by atomic mass is 9.92. The maximum atomic E-state index is 11.5. The number of rotatable bonds is 4. The van der Waals surface area contributed by atoms with E-state index in [2.05, 4.69) is 54.4 Å². The molecule has 2 saturated heterocycles. The van der Waals surface area contributed by atoms with Crippen molar-refractivity contribution >= 4 is 17.5 Å². The first-order valence-corrected chi connectivity index (χ1v) is 13.4. The fourth-order valence-electron chi connectivity index (χ4n) is 4.72. The van der Waals surface area contributed by atoms with Gasteiger partial charge in [0.2, 0.25) is 5.91 Å². The average Bonchev–Trinajstić information content (AvgIpc) is 2.89. The summed E-state index contributed by atoms with van der Waals surface area (Å²) < 4.78 is 5.69. The van der Waals surface area contributed by atoms with E-state index < -0.39 is 0 Å². The van der Waals surface area contributed by atoms with Crippen molar-refractivity contribution in [2.24, 2.45) is 0 Å². The van der Waals surface area contributed by atoms with Crippen LogP contribution in [0, 0.1) is 13.8 Å². The van der Waals surface area contributed by atoms with Gasteiger partial charge in [0.1, 0.15) is 5.82 Å². The van der Waals surface area contributed by atoms with Crippen molar-refractivity contribution in [2.45, 2.75) is 79.4 Å². The third-order valence-electron chi connectivity index (χ3n) is 6.53. The molecule has 0 bridgehead atoms. The molecule has 4 rings (SSSR count). The maximum absolute atomic E-state index is 11.5. The topological polar surface area (TPSA) is 75.6 Å². The van der Waals surface area contributed by atoms with Gasteiger partial charge in [0.15, 0.2) is 5.78 Å². The highest BCUT2D eigenvalue weighted by atomic mass is 16.5. The quantitative estimate of drug-likeness (QED) is 0.400. The Balaban J connectivity index is 0.000000252. The van der Waals surface area contributed by atoms with E-state index in [0.717, 1.165) is 56.2 Å². The normalized spacial score (nSPS) is 19.6. The van der Waals surface area contributed by atoms with Crippen LogP contribution in [0.4, 0.5) is 5.82 Å². The molecule has 2 aliphatic heterocycles. The molecule has 0 aromatic carbocycles. The van der Waals surface area contributed by atoms with Gasteiger partial charge >= 0.3 is 0 Å². The number of carbonyl (C=O) groups is 2.